The molecule has 3 unspecified atom stereocenters. The number of hydrogen-bond acceptors (Lipinski definition) is 2. The zero-order valence-electron chi connectivity index (χ0n) is 11.5. The fraction of sp³-hybridized carbons (Fsp3) is 0.688. The van der Waals surface area contributed by atoms with Crippen LogP contribution in [0, 0.1) is 17.8 Å². The Bertz CT molecular complexity index is 336. The van der Waals surface area contributed by atoms with Crippen molar-refractivity contribution < 1.29 is 0 Å². The predicted molar refractivity (Wildman–Crippen MR) is 76.2 cm³/mol. The van der Waals surface area contributed by atoms with E-state index in [4.69, 9.17) is 5.73 Å². The predicted octanol–water partition coefficient (Wildman–Crippen LogP) is 3.42. The van der Waals surface area contributed by atoms with Crippen LogP contribution in [0.5, 0.6) is 0 Å². The van der Waals surface area contributed by atoms with Crippen LogP contribution >= 0.6 is 0 Å². The normalized spacial score (nSPS) is 28.2. The van der Waals surface area contributed by atoms with Gasteiger partial charge in [0.15, 0.2) is 0 Å². The van der Waals surface area contributed by atoms with Crippen molar-refractivity contribution in [1.82, 2.24) is 4.98 Å². The Labute approximate surface area is 111 Å². The zero-order valence-corrected chi connectivity index (χ0v) is 11.5. The van der Waals surface area contributed by atoms with Gasteiger partial charge in [0, 0.05) is 12.4 Å². The van der Waals surface area contributed by atoms with E-state index in [9.17, 15) is 0 Å². The van der Waals surface area contributed by atoms with Crippen LogP contribution in [-0.4, -0.2) is 11.5 Å². The van der Waals surface area contributed by atoms with Gasteiger partial charge in [-0.1, -0.05) is 26.2 Å². The summed E-state index contributed by atoms with van der Waals surface area (Å²) in [6.45, 7) is 3.15. The molecule has 2 N–H and O–H groups in total. The average Bonchev–Trinajstić information content (AvgIpc) is 2.41. The van der Waals surface area contributed by atoms with Gasteiger partial charge >= 0.3 is 0 Å². The first-order chi connectivity index (χ1) is 8.83. The molecule has 0 bridgehead atoms. The van der Waals surface area contributed by atoms with Crippen LogP contribution in [0.4, 0.5) is 0 Å². The Morgan fingerprint density at radius 3 is 2.67 bits per heavy atom. The van der Waals surface area contributed by atoms with Crippen LogP contribution in [0.2, 0.25) is 0 Å². The van der Waals surface area contributed by atoms with E-state index in [0.717, 1.165) is 24.3 Å². The van der Waals surface area contributed by atoms with Crippen molar-refractivity contribution in [2.75, 3.05) is 6.54 Å². The summed E-state index contributed by atoms with van der Waals surface area (Å²) in [4.78, 5) is 4.10. The average molecular weight is 246 g/mol. The minimum absolute atomic E-state index is 0.728. The summed E-state index contributed by atoms with van der Waals surface area (Å²) in [5, 5.41) is 0. The molecular weight excluding hydrogens is 220 g/mol. The summed E-state index contributed by atoms with van der Waals surface area (Å²) in [6.07, 6.45) is 11.8. The highest BCUT2D eigenvalue weighted by Crippen LogP contribution is 2.37. The minimum atomic E-state index is 0.728. The summed E-state index contributed by atoms with van der Waals surface area (Å²) in [5.41, 5.74) is 7.38. The summed E-state index contributed by atoms with van der Waals surface area (Å²) < 4.78 is 0. The van der Waals surface area contributed by atoms with Crippen LogP contribution in [0.3, 0.4) is 0 Å². The maximum absolute atomic E-state index is 5.95. The molecule has 0 spiro atoms. The first kappa shape index (κ1) is 13.5. The summed E-state index contributed by atoms with van der Waals surface area (Å²) in [7, 11) is 0. The van der Waals surface area contributed by atoms with Crippen LogP contribution in [0.1, 0.15) is 44.6 Å². The largest absolute Gasteiger partial charge is 0.330 e. The van der Waals surface area contributed by atoms with Crippen LogP contribution in [0.15, 0.2) is 24.5 Å². The monoisotopic (exact) mass is 246 g/mol. The molecule has 0 radical (unpaired) electrons. The SMILES string of the molecule is CCCC1CCC(CN)C(Cc2ccncc2)C1. The zero-order chi connectivity index (χ0) is 12.8. The van der Waals surface area contributed by atoms with Crippen molar-refractivity contribution in [2.45, 2.75) is 45.4 Å². The number of hydrogen-bond donors (Lipinski definition) is 1. The molecule has 0 aromatic carbocycles. The molecule has 18 heavy (non-hydrogen) atoms. The van der Waals surface area contributed by atoms with E-state index in [-0.39, 0.29) is 0 Å². The molecule has 100 valence electrons. The lowest BCUT2D eigenvalue weighted by Crippen LogP contribution is -2.31. The molecule has 0 aliphatic heterocycles. The van der Waals surface area contributed by atoms with Gasteiger partial charge in [0.05, 0.1) is 0 Å². The Morgan fingerprint density at radius 1 is 1.22 bits per heavy atom. The standard InChI is InChI=1S/C16H26N2/c1-2-3-13-4-5-15(12-17)16(10-13)11-14-6-8-18-9-7-14/h6-9,13,15-16H,2-5,10-12,17H2,1H3. The molecule has 0 amide bonds. The van der Waals surface area contributed by atoms with E-state index >= 15 is 0 Å². The summed E-state index contributed by atoms with van der Waals surface area (Å²) in [5.74, 6) is 2.44. The van der Waals surface area contributed by atoms with Gasteiger partial charge in [-0.05, 0) is 61.3 Å². The first-order valence-corrected chi connectivity index (χ1v) is 7.42. The van der Waals surface area contributed by atoms with Gasteiger partial charge in [-0.25, -0.2) is 0 Å². The van der Waals surface area contributed by atoms with Crippen LogP contribution < -0.4 is 5.73 Å². The van der Waals surface area contributed by atoms with E-state index in [0.29, 0.717) is 0 Å². The van der Waals surface area contributed by atoms with E-state index in [2.05, 4.69) is 24.0 Å². The number of rotatable bonds is 5. The first-order valence-electron chi connectivity index (χ1n) is 7.42. The second-order valence-corrected chi connectivity index (χ2v) is 5.78. The molecule has 1 saturated carbocycles. The van der Waals surface area contributed by atoms with Crippen molar-refractivity contribution in [1.29, 1.82) is 0 Å². The second kappa shape index (κ2) is 6.89. The van der Waals surface area contributed by atoms with E-state index < -0.39 is 0 Å². The van der Waals surface area contributed by atoms with Crippen molar-refractivity contribution in [3.8, 4) is 0 Å². The van der Waals surface area contributed by atoms with Crippen molar-refractivity contribution >= 4 is 0 Å². The fourth-order valence-electron chi connectivity index (χ4n) is 3.48. The molecule has 1 fully saturated rings. The number of nitrogens with zero attached hydrogens (tertiary/aromatic N) is 1. The maximum atomic E-state index is 5.95. The molecule has 2 rings (SSSR count). The van der Waals surface area contributed by atoms with Crippen molar-refractivity contribution in [3.05, 3.63) is 30.1 Å². The van der Waals surface area contributed by atoms with Gasteiger partial charge in [-0.15, -0.1) is 0 Å². The lowest BCUT2D eigenvalue weighted by Gasteiger charge is -2.36. The molecule has 2 heteroatoms. The number of aromatic nitrogens is 1. The number of nitrogens with two attached hydrogens (primary N) is 1. The third-order valence-corrected chi connectivity index (χ3v) is 4.50. The molecular formula is C16H26N2. The minimum Gasteiger partial charge on any atom is -0.330 e. The van der Waals surface area contributed by atoms with E-state index in [1.807, 2.05) is 12.4 Å². The molecule has 3 atom stereocenters. The number of pyridine rings is 1. The molecule has 1 aromatic rings. The van der Waals surface area contributed by atoms with Crippen LogP contribution in [-0.2, 0) is 6.42 Å². The van der Waals surface area contributed by atoms with Crippen LogP contribution in [0.25, 0.3) is 0 Å². The van der Waals surface area contributed by atoms with Gasteiger partial charge in [-0.2, -0.15) is 0 Å². The summed E-state index contributed by atoms with van der Waals surface area (Å²) in [6, 6.07) is 4.30. The smallest absolute Gasteiger partial charge is 0.0270 e. The van der Waals surface area contributed by atoms with Gasteiger partial charge in [-0.3, -0.25) is 4.98 Å². The topological polar surface area (TPSA) is 38.9 Å². The summed E-state index contributed by atoms with van der Waals surface area (Å²) >= 11 is 0. The molecule has 1 aliphatic rings. The highest BCUT2D eigenvalue weighted by molar-refractivity contribution is 5.11. The lowest BCUT2D eigenvalue weighted by molar-refractivity contribution is 0.175. The highest BCUT2D eigenvalue weighted by Gasteiger charge is 2.29. The Balaban J connectivity index is 1.98. The molecule has 0 saturated heterocycles. The highest BCUT2D eigenvalue weighted by atomic mass is 14.6. The Kier molecular flexibility index (Phi) is 5.18. The second-order valence-electron chi connectivity index (χ2n) is 5.78. The Morgan fingerprint density at radius 2 is 2.00 bits per heavy atom. The third-order valence-electron chi connectivity index (χ3n) is 4.50. The third kappa shape index (κ3) is 3.55. The Hall–Kier alpha value is -0.890. The quantitative estimate of drug-likeness (QED) is 0.864. The van der Waals surface area contributed by atoms with Gasteiger partial charge < -0.3 is 5.73 Å². The molecule has 1 aromatic heterocycles. The molecule has 2 nitrogen and oxygen atoms in total. The van der Waals surface area contributed by atoms with E-state index in [1.165, 1.54) is 44.1 Å². The maximum Gasteiger partial charge on any atom is 0.0270 e. The van der Waals surface area contributed by atoms with Gasteiger partial charge in [0.1, 0.15) is 0 Å². The van der Waals surface area contributed by atoms with E-state index in [1.54, 1.807) is 0 Å². The molecule has 1 heterocycles. The van der Waals surface area contributed by atoms with Crippen molar-refractivity contribution in [2.24, 2.45) is 23.5 Å². The fourth-order valence-corrected chi connectivity index (χ4v) is 3.48. The van der Waals surface area contributed by atoms with Crippen molar-refractivity contribution in [3.63, 3.8) is 0 Å². The molecule has 1 aliphatic carbocycles. The van der Waals surface area contributed by atoms with Gasteiger partial charge in [0.25, 0.3) is 0 Å². The van der Waals surface area contributed by atoms with Gasteiger partial charge in [0.2, 0.25) is 0 Å². The lowest BCUT2D eigenvalue weighted by atomic mass is 9.70.